The minimum atomic E-state index is -1.07. The Labute approximate surface area is 149 Å². The second-order valence-electron chi connectivity index (χ2n) is 5.08. The minimum absolute atomic E-state index is 0.102. The smallest absolute Gasteiger partial charge is 0.326 e. The number of ether oxygens (including phenoxy) is 2. The zero-order valence-electron chi connectivity index (χ0n) is 14.3. The number of hydrogen-bond acceptors (Lipinski definition) is 7. The van der Waals surface area contributed by atoms with Crippen molar-refractivity contribution >= 4 is 23.7 Å². The van der Waals surface area contributed by atoms with Crippen LogP contribution < -0.4 is 15.4 Å². The fraction of sp³-hybridized carbons (Fsp3) is 0.235. The van der Waals surface area contributed by atoms with Crippen molar-refractivity contribution in [2.24, 2.45) is 0 Å². The molecule has 2 amide bonds. The van der Waals surface area contributed by atoms with Crippen molar-refractivity contribution in [3.63, 3.8) is 0 Å². The van der Waals surface area contributed by atoms with E-state index in [1.54, 1.807) is 30.3 Å². The predicted molar refractivity (Wildman–Crippen MR) is 91.5 cm³/mol. The molecule has 2 N–H and O–H groups in total. The second-order valence-corrected chi connectivity index (χ2v) is 5.08. The molecule has 2 rings (SSSR count). The first-order valence-corrected chi connectivity index (χ1v) is 7.70. The molecule has 0 spiro atoms. The number of benzene rings is 1. The molecule has 136 valence electrons. The van der Waals surface area contributed by atoms with Crippen molar-refractivity contribution in [2.45, 2.75) is 13.0 Å². The Morgan fingerprint density at radius 3 is 2.50 bits per heavy atom. The van der Waals surface area contributed by atoms with Gasteiger partial charge < -0.3 is 14.8 Å². The topological polar surface area (TPSA) is 120 Å². The summed E-state index contributed by atoms with van der Waals surface area (Å²) < 4.78 is 10.1. The Kier molecular flexibility index (Phi) is 6.60. The summed E-state index contributed by atoms with van der Waals surface area (Å²) in [6, 6.07) is 8.19. The maximum absolute atomic E-state index is 12.1. The highest BCUT2D eigenvalue weighted by Gasteiger charge is 2.19. The van der Waals surface area contributed by atoms with Gasteiger partial charge in [-0.25, -0.2) is 9.97 Å². The summed E-state index contributed by atoms with van der Waals surface area (Å²) in [5.74, 6) is -1.35. The van der Waals surface area contributed by atoms with Gasteiger partial charge in [0.25, 0.3) is 11.8 Å². The van der Waals surface area contributed by atoms with Crippen LogP contribution in [0.2, 0.25) is 0 Å². The zero-order valence-corrected chi connectivity index (χ0v) is 14.3. The number of para-hydroxylation sites is 1. The molecule has 0 radical (unpaired) electrons. The molecule has 1 aromatic heterocycles. The second kappa shape index (κ2) is 9.11. The highest BCUT2D eigenvalue weighted by molar-refractivity contribution is 5.98. The molecule has 0 fully saturated rings. The molecule has 1 aromatic carbocycles. The van der Waals surface area contributed by atoms with E-state index in [1.165, 1.54) is 26.4 Å². The Morgan fingerprint density at radius 2 is 1.81 bits per heavy atom. The number of methoxy groups -OCH3 is 1. The van der Waals surface area contributed by atoms with Crippen LogP contribution in [-0.2, 0) is 14.3 Å². The fourth-order valence-corrected chi connectivity index (χ4v) is 1.95. The Hall–Kier alpha value is -3.49. The number of esters is 1. The van der Waals surface area contributed by atoms with Crippen LogP contribution >= 0.6 is 0 Å². The lowest BCUT2D eigenvalue weighted by Gasteiger charge is -2.13. The molecule has 0 bridgehead atoms. The van der Waals surface area contributed by atoms with E-state index in [0.29, 0.717) is 5.75 Å². The lowest BCUT2D eigenvalue weighted by atomic mass is 10.2. The normalized spacial score (nSPS) is 11.2. The van der Waals surface area contributed by atoms with Crippen molar-refractivity contribution in [3.05, 3.63) is 48.3 Å². The van der Waals surface area contributed by atoms with E-state index in [-0.39, 0.29) is 11.5 Å². The van der Waals surface area contributed by atoms with Crippen LogP contribution in [0.15, 0.2) is 42.7 Å². The first-order valence-electron chi connectivity index (χ1n) is 7.70. The summed E-state index contributed by atoms with van der Waals surface area (Å²) in [6.07, 6.45) is 1.86. The van der Waals surface area contributed by atoms with Gasteiger partial charge in [-0.15, -0.1) is 0 Å². The van der Waals surface area contributed by atoms with Crippen molar-refractivity contribution < 1.29 is 23.9 Å². The van der Waals surface area contributed by atoms with Crippen LogP contribution in [0.25, 0.3) is 0 Å². The summed E-state index contributed by atoms with van der Waals surface area (Å²) >= 11 is 0. The van der Waals surface area contributed by atoms with E-state index in [4.69, 9.17) is 9.47 Å². The van der Waals surface area contributed by atoms with Crippen LogP contribution in [0.5, 0.6) is 5.75 Å². The molecule has 0 saturated carbocycles. The molecule has 0 aliphatic carbocycles. The van der Waals surface area contributed by atoms with E-state index < -0.39 is 30.4 Å². The molecule has 9 nitrogen and oxygen atoms in total. The van der Waals surface area contributed by atoms with E-state index in [0.717, 1.165) is 0 Å². The average molecular weight is 358 g/mol. The quantitative estimate of drug-likeness (QED) is 0.702. The maximum Gasteiger partial charge on any atom is 0.326 e. The number of hydrogen-bond donors (Lipinski definition) is 2. The van der Waals surface area contributed by atoms with Gasteiger partial charge >= 0.3 is 5.97 Å². The number of nitrogens with one attached hydrogen (secondary N) is 2. The van der Waals surface area contributed by atoms with Gasteiger partial charge in [-0.3, -0.25) is 19.7 Å². The largest absolute Gasteiger partial charge is 0.496 e. The van der Waals surface area contributed by atoms with Gasteiger partial charge in [-0.2, -0.15) is 0 Å². The van der Waals surface area contributed by atoms with Crippen molar-refractivity contribution in [1.29, 1.82) is 0 Å². The Balaban J connectivity index is 1.82. The SMILES string of the molecule is COc1ccccc1C(=O)NCC(=O)OC(C)C(=O)Nc1ncccn1. The third-order valence-electron chi connectivity index (χ3n) is 3.22. The molecule has 1 atom stereocenters. The standard InChI is InChI=1S/C17H18N4O5/c1-11(15(23)21-17-18-8-5-9-19-17)26-14(22)10-20-16(24)12-6-3-4-7-13(12)25-2/h3-9,11H,10H2,1-2H3,(H,20,24)(H,18,19,21,23). The first-order chi connectivity index (χ1) is 12.5. The van der Waals surface area contributed by atoms with Gasteiger partial charge in [0, 0.05) is 12.4 Å². The first kappa shape index (κ1) is 18.8. The number of carbonyl (C=O) groups excluding carboxylic acids is 3. The molecule has 0 aliphatic rings. The molecule has 0 aliphatic heterocycles. The number of aromatic nitrogens is 2. The van der Waals surface area contributed by atoms with Gasteiger partial charge in [0.15, 0.2) is 6.10 Å². The molecule has 1 unspecified atom stereocenters. The molecule has 26 heavy (non-hydrogen) atoms. The van der Waals surface area contributed by atoms with Crippen LogP contribution in [0, 0.1) is 0 Å². The van der Waals surface area contributed by atoms with Gasteiger partial charge in [0.05, 0.1) is 12.7 Å². The predicted octanol–water partition coefficient (Wildman–Crippen LogP) is 0.785. The minimum Gasteiger partial charge on any atom is -0.496 e. The molecular weight excluding hydrogens is 340 g/mol. The highest BCUT2D eigenvalue weighted by Crippen LogP contribution is 2.16. The summed E-state index contributed by atoms with van der Waals surface area (Å²) in [4.78, 5) is 43.5. The number of carbonyl (C=O) groups is 3. The van der Waals surface area contributed by atoms with E-state index >= 15 is 0 Å². The lowest BCUT2D eigenvalue weighted by Crippen LogP contribution is -2.36. The van der Waals surface area contributed by atoms with Crippen LogP contribution in [0.1, 0.15) is 17.3 Å². The fourth-order valence-electron chi connectivity index (χ4n) is 1.95. The van der Waals surface area contributed by atoms with E-state index in [1.807, 2.05) is 0 Å². The third kappa shape index (κ3) is 5.26. The Morgan fingerprint density at radius 1 is 1.12 bits per heavy atom. The molecule has 1 heterocycles. The summed E-state index contributed by atoms with van der Waals surface area (Å²) in [5.41, 5.74) is 0.287. The zero-order chi connectivity index (χ0) is 18.9. The summed E-state index contributed by atoms with van der Waals surface area (Å²) in [5, 5.41) is 4.83. The average Bonchev–Trinajstić information content (AvgIpc) is 2.66. The number of amides is 2. The number of rotatable bonds is 7. The van der Waals surface area contributed by atoms with E-state index in [2.05, 4.69) is 20.6 Å². The van der Waals surface area contributed by atoms with Crippen LogP contribution in [0.4, 0.5) is 5.95 Å². The van der Waals surface area contributed by atoms with Gasteiger partial charge in [-0.05, 0) is 25.1 Å². The van der Waals surface area contributed by atoms with Crippen LogP contribution in [0.3, 0.4) is 0 Å². The van der Waals surface area contributed by atoms with Gasteiger partial charge in [0.2, 0.25) is 5.95 Å². The molecule has 9 heteroatoms. The number of anilines is 1. The van der Waals surface area contributed by atoms with Crippen molar-refractivity contribution in [3.8, 4) is 5.75 Å². The third-order valence-corrected chi connectivity index (χ3v) is 3.22. The van der Waals surface area contributed by atoms with E-state index in [9.17, 15) is 14.4 Å². The summed E-state index contributed by atoms with van der Waals surface area (Å²) in [7, 11) is 1.44. The lowest BCUT2D eigenvalue weighted by molar-refractivity contribution is -0.152. The van der Waals surface area contributed by atoms with Crippen molar-refractivity contribution in [1.82, 2.24) is 15.3 Å². The monoisotopic (exact) mass is 358 g/mol. The molecular formula is C17H18N4O5. The van der Waals surface area contributed by atoms with Crippen molar-refractivity contribution in [2.75, 3.05) is 19.0 Å². The maximum atomic E-state index is 12.1. The summed E-state index contributed by atoms with van der Waals surface area (Å²) in [6.45, 7) is 1.01. The highest BCUT2D eigenvalue weighted by atomic mass is 16.5. The van der Waals surface area contributed by atoms with Crippen LogP contribution in [-0.4, -0.2) is 47.5 Å². The van der Waals surface area contributed by atoms with Gasteiger partial charge in [0.1, 0.15) is 12.3 Å². The number of nitrogens with zero attached hydrogens (tertiary/aromatic N) is 2. The Bertz CT molecular complexity index is 782. The molecule has 0 saturated heterocycles. The molecule has 2 aromatic rings. The van der Waals surface area contributed by atoms with Gasteiger partial charge in [-0.1, -0.05) is 12.1 Å².